The van der Waals surface area contributed by atoms with Crippen molar-refractivity contribution >= 4 is 7.12 Å². The molecule has 1 saturated heterocycles. The first kappa shape index (κ1) is 17.4. The normalized spacial score (nSPS) is 38.2. The lowest BCUT2D eigenvalue weighted by molar-refractivity contribution is -0.140. The van der Waals surface area contributed by atoms with Crippen molar-refractivity contribution in [1.82, 2.24) is 0 Å². The molecule has 136 valence electrons. The lowest BCUT2D eigenvalue weighted by Gasteiger charge is -2.76. The summed E-state index contributed by atoms with van der Waals surface area (Å²) in [7, 11) is -0.306. The summed E-state index contributed by atoms with van der Waals surface area (Å²) in [5.41, 5.74) is -0.358. The van der Waals surface area contributed by atoms with Gasteiger partial charge in [-0.25, -0.2) is 0 Å². The molecule has 1 atom stereocenters. The molecule has 2 bridgehead atoms. The van der Waals surface area contributed by atoms with Crippen molar-refractivity contribution in [2.75, 3.05) is 0 Å². The second kappa shape index (κ2) is 4.63. The van der Waals surface area contributed by atoms with E-state index in [0.717, 1.165) is 18.4 Å². The minimum Gasteiger partial charge on any atom is -0.403 e. The fourth-order valence-corrected chi connectivity index (χ4v) is 5.22. The highest BCUT2D eigenvalue weighted by Crippen LogP contribution is 2.82. The summed E-state index contributed by atoms with van der Waals surface area (Å²) in [5.74, 6) is 0.192. The van der Waals surface area contributed by atoms with Crippen LogP contribution in [0.25, 0.3) is 0 Å². The van der Waals surface area contributed by atoms with Crippen molar-refractivity contribution in [3.05, 3.63) is 35.4 Å². The van der Waals surface area contributed by atoms with E-state index < -0.39 is 22.9 Å². The molecule has 1 heterocycles. The topological polar surface area (TPSA) is 18.5 Å². The number of halogens is 3. The van der Waals surface area contributed by atoms with Gasteiger partial charge in [0.2, 0.25) is 0 Å². The van der Waals surface area contributed by atoms with Crippen LogP contribution < -0.4 is 0 Å². The van der Waals surface area contributed by atoms with Crippen LogP contribution in [0.15, 0.2) is 24.3 Å². The second-order valence-corrected chi connectivity index (χ2v) is 9.34. The zero-order valence-corrected chi connectivity index (χ0v) is 15.3. The van der Waals surface area contributed by atoms with E-state index in [2.05, 4.69) is 6.92 Å². The Balaban J connectivity index is 1.61. The van der Waals surface area contributed by atoms with Crippen molar-refractivity contribution in [1.29, 1.82) is 0 Å². The van der Waals surface area contributed by atoms with Gasteiger partial charge >= 0.3 is 13.3 Å². The Morgan fingerprint density at radius 2 is 1.40 bits per heavy atom. The van der Waals surface area contributed by atoms with Gasteiger partial charge < -0.3 is 9.31 Å². The molecule has 4 aliphatic rings. The summed E-state index contributed by atoms with van der Waals surface area (Å²) in [5, 5.41) is 0. The van der Waals surface area contributed by atoms with Gasteiger partial charge in [-0.2, -0.15) is 13.2 Å². The summed E-state index contributed by atoms with van der Waals surface area (Å²) >= 11 is 0. The summed E-state index contributed by atoms with van der Waals surface area (Å²) in [6.45, 7) is 10.4. The molecule has 4 fully saturated rings. The van der Waals surface area contributed by atoms with Gasteiger partial charge in [0, 0.05) is 5.82 Å². The highest BCUT2D eigenvalue weighted by molar-refractivity contribution is 6.49. The third kappa shape index (κ3) is 2.19. The van der Waals surface area contributed by atoms with Crippen LogP contribution in [0, 0.1) is 5.41 Å². The van der Waals surface area contributed by atoms with Crippen LogP contribution in [-0.4, -0.2) is 18.3 Å². The van der Waals surface area contributed by atoms with Gasteiger partial charge in [0.15, 0.2) is 0 Å². The fourth-order valence-electron chi connectivity index (χ4n) is 5.22. The number of alkyl halides is 3. The summed E-state index contributed by atoms with van der Waals surface area (Å²) in [6, 6.07) is 5.67. The Labute approximate surface area is 147 Å². The molecule has 0 radical (unpaired) electrons. The van der Waals surface area contributed by atoms with Crippen molar-refractivity contribution in [3.63, 3.8) is 0 Å². The van der Waals surface area contributed by atoms with Crippen LogP contribution in [0.3, 0.4) is 0 Å². The van der Waals surface area contributed by atoms with E-state index in [1.807, 2.05) is 27.7 Å². The summed E-state index contributed by atoms with van der Waals surface area (Å²) in [4.78, 5) is 0. The first-order chi connectivity index (χ1) is 11.3. The maximum Gasteiger partial charge on any atom is 0.462 e. The van der Waals surface area contributed by atoms with Gasteiger partial charge in [-0.15, -0.1) is 0 Å². The molecule has 1 aromatic rings. The van der Waals surface area contributed by atoms with Gasteiger partial charge in [-0.3, -0.25) is 0 Å². The third-order valence-electron chi connectivity index (χ3n) is 7.12. The zero-order chi connectivity index (χ0) is 18.5. The molecule has 1 aliphatic heterocycles. The molecule has 0 aromatic heterocycles. The molecular weight excluding hydrogens is 328 g/mol. The monoisotopic (exact) mass is 352 g/mol. The van der Waals surface area contributed by atoms with Crippen molar-refractivity contribution in [2.24, 2.45) is 5.41 Å². The second-order valence-electron chi connectivity index (χ2n) is 9.34. The van der Waals surface area contributed by atoms with Gasteiger partial charge in [-0.05, 0) is 69.1 Å². The highest BCUT2D eigenvalue weighted by Gasteiger charge is 2.79. The lowest BCUT2D eigenvalue weighted by Crippen LogP contribution is -2.72. The van der Waals surface area contributed by atoms with E-state index in [4.69, 9.17) is 9.31 Å². The molecular formula is C19H24BF3O2. The SMILES string of the molecule is CC12CC(c3ccc(C(F)(F)F)cc3)(C1)C2B1OC(C)(C)C(C)(C)O1. The van der Waals surface area contributed by atoms with E-state index >= 15 is 0 Å². The van der Waals surface area contributed by atoms with Crippen LogP contribution in [0.1, 0.15) is 58.6 Å². The average molecular weight is 352 g/mol. The molecule has 3 aliphatic carbocycles. The molecule has 0 spiro atoms. The Hall–Kier alpha value is -1.01. The Kier molecular flexibility index (Phi) is 3.23. The number of rotatable bonds is 2. The summed E-state index contributed by atoms with van der Waals surface area (Å²) < 4.78 is 51.0. The average Bonchev–Trinajstić information content (AvgIpc) is 2.61. The third-order valence-corrected chi connectivity index (χ3v) is 7.12. The fraction of sp³-hybridized carbons (Fsp3) is 0.684. The van der Waals surface area contributed by atoms with Crippen molar-refractivity contribution < 1.29 is 22.5 Å². The smallest absolute Gasteiger partial charge is 0.403 e. The minimum absolute atomic E-state index is 0.111. The maximum atomic E-state index is 12.8. The highest BCUT2D eigenvalue weighted by atomic mass is 19.4. The predicted molar refractivity (Wildman–Crippen MR) is 90.3 cm³/mol. The van der Waals surface area contributed by atoms with E-state index in [0.29, 0.717) is 0 Å². The molecule has 0 N–H and O–H groups in total. The van der Waals surface area contributed by atoms with E-state index in [-0.39, 0.29) is 23.8 Å². The number of hydrogen-bond acceptors (Lipinski definition) is 2. The first-order valence-electron chi connectivity index (χ1n) is 8.84. The lowest BCUT2D eigenvalue weighted by atomic mass is 9.21. The largest absolute Gasteiger partial charge is 0.462 e. The molecule has 1 unspecified atom stereocenters. The molecule has 25 heavy (non-hydrogen) atoms. The molecule has 1 aromatic carbocycles. The van der Waals surface area contributed by atoms with E-state index in [9.17, 15) is 13.2 Å². The van der Waals surface area contributed by atoms with Crippen LogP contribution >= 0.6 is 0 Å². The first-order valence-corrected chi connectivity index (χ1v) is 8.84. The van der Waals surface area contributed by atoms with Gasteiger partial charge in [-0.1, -0.05) is 19.1 Å². The van der Waals surface area contributed by atoms with E-state index in [1.165, 1.54) is 12.1 Å². The molecule has 5 rings (SSSR count). The quantitative estimate of drug-likeness (QED) is 0.680. The zero-order valence-electron chi connectivity index (χ0n) is 15.3. The Bertz CT molecular complexity index is 686. The van der Waals surface area contributed by atoms with Gasteiger partial charge in [0.05, 0.1) is 16.8 Å². The molecule has 3 saturated carbocycles. The van der Waals surface area contributed by atoms with Gasteiger partial charge in [0.1, 0.15) is 0 Å². The van der Waals surface area contributed by atoms with Gasteiger partial charge in [0.25, 0.3) is 0 Å². The van der Waals surface area contributed by atoms with Crippen LogP contribution in [0.4, 0.5) is 13.2 Å². The predicted octanol–water partition coefficient (Wildman–Crippen LogP) is 5.22. The Morgan fingerprint density at radius 1 is 0.920 bits per heavy atom. The van der Waals surface area contributed by atoms with Crippen LogP contribution in [0.2, 0.25) is 5.82 Å². The number of benzene rings is 1. The molecule has 2 nitrogen and oxygen atoms in total. The minimum atomic E-state index is -4.30. The van der Waals surface area contributed by atoms with E-state index in [1.54, 1.807) is 12.1 Å². The molecule has 0 amide bonds. The van der Waals surface area contributed by atoms with Crippen molar-refractivity contribution in [2.45, 2.75) is 76.1 Å². The van der Waals surface area contributed by atoms with Crippen LogP contribution in [-0.2, 0) is 20.9 Å². The standard InChI is InChI=1S/C19H24BF3O2/c1-15(2)16(3,4)25-20(24-15)14-17(5)10-18(14,11-17)12-6-8-13(9-7-12)19(21,22)23/h6-9,14H,10-11H2,1-5H3. The molecule has 6 heteroatoms. The Morgan fingerprint density at radius 3 is 1.80 bits per heavy atom. The van der Waals surface area contributed by atoms with Crippen molar-refractivity contribution in [3.8, 4) is 0 Å². The number of hydrogen-bond donors (Lipinski definition) is 0. The maximum absolute atomic E-state index is 12.8. The summed E-state index contributed by atoms with van der Waals surface area (Å²) in [6.07, 6.45) is -2.32. The van der Waals surface area contributed by atoms with Crippen LogP contribution in [0.5, 0.6) is 0 Å².